The summed E-state index contributed by atoms with van der Waals surface area (Å²) in [5.74, 6) is -2.19. The number of amides is 1. The number of carbonyl (C=O) groups is 1. The average molecular weight is 427 g/mol. The first-order valence-electron chi connectivity index (χ1n) is 9.45. The number of carbonyl (C=O) groups excluding carboxylic acids is 1. The lowest BCUT2D eigenvalue weighted by Gasteiger charge is -2.16. The zero-order chi connectivity index (χ0) is 22.1. The molecule has 10 heteroatoms. The Morgan fingerprint density at radius 1 is 1.39 bits per heavy atom. The second-order valence-corrected chi connectivity index (χ2v) is 7.07. The van der Waals surface area contributed by atoms with Crippen LogP contribution < -0.4 is 11.1 Å². The SMILES string of the molecule is N=C/C(=C\N)c1cc(F)c(Nc2c(C(=O)N3CCC(O)C3)oc3ccncc23)cc1F. The van der Waals surface area contributed by atoms with Crippen molar-refractivity contribution in [3.63, 3.8) is 0 Å². The Hall–Kier alpha value is -3.79. The number of hydrogen-bond donors (Lipinski definition) is 4. The highest BCUT2D eigenvalue weighted by atomic mass is 19.1. The van der Waals surface area contributed by atoms with E-state index in [1.54, 1.807) is 6.07 Å². The van der Waals surface area contributed by atoms with Gasteiger partial charge in [-0.1, -0.05) is 0 Å². The largest absolute Gasteiger partial charge is 0.448 e. The summed E-state index contributed by atoms with van der Waals surface area (Å²) in [6.45, 7) is 0.507. The van der Waals surface area contributed by atoms with Crippen molar-refractivity contribution < 1.29 is 23.1 Å². The minimum atomic E-state index is -0.814. The van der Waals surface area contributed by atoms with Gasteiger partial charge in [0.2, 0.25) is 5.76 Å². The Kier molecular flexibility index (Phi) is 5.38. The molecule has 1 aliphatic heterocycles. The Bertz CT molecular complexity index is 1210. The molecule has 0 bridgehead atoms. The topological polar surface area (TPSA) is 128 Å². The smallest absolute Gasteiger partial charge is 0.291 e. The number of anilines is 2. The third-order valence-electron chi connectivity index (χ3n) is 5.10. The fraction of sp³-hybridized carbons (Fsp3) is 0.190. The second-order valence-electron chi connectivity index (χ2n) is 7.07. The quantitative estimate of drug-likeness (QED) is 0.464. The number of nitrogens with one attached hydrogen (secondary N) is 2. The summed E-state index contributed by atoms with van der Waals surface area (Å²) >= 11 is 0. The van der Waals surface area contributed by atoms with Crippen molar-refractivity contribution in [3.05, 3.63) is 59.8 Å². The summed E-state index contributed by atoms with van der Waals surface area (Å²) in [7, 11) is 0. The van der Waals surface area contributed by atoms with Crippen molar-refractivity contribution >= 4 is 40.0 Å². The first-order chi connectivity index (χ1) is 14.9. The molecule has 1 fully saturated rings. The molecule has 3 aromatic rings. The summed E-state index contributed by atoms with van der Waals surface area (Å²) in [5, 5.41) is 20.2. The molecule has 3 heterocycles. The third-order valence-corrected chi connectivity index (χ3v) is 5.10. The molecule has 0 spiro atoms. The van der Waals surface area contributed by atoms with Gasteiger partial charge in [0.25, 0.3) is 5.91 Å². The highest BCUT2D eigenvalue weighted by molar-refractivity contribution is 6.09. The maximum absolute atomic E-state index is 14.8. The predicted octanol–water partition coefficient (Wildman–Crippen LogP) is 3.01. The van der Waals surface area contributed by atoms with E-state index in [2.05, 4.69) is 10.3 Å². The molecule has 1 unspecified atom stereocenters. The van der Waals surface area contributed by atoms with E-state index in [4.69, 9.17) is 15.6 Å². The number of fused-ring (bicyclic) bond motifs is 1. The van der Waals surface area contributed by atoms with Gasteiger partial charge in [-0.15, -0.1) is 0 Å². The number of allylic oxidation sites excluding steroid dienone is 1. The number of aliphatic hydroxyl groups excluding tert-OH is 1. The Labute approximate surface area is 175 Å². The molecule has 0 radical (unpaired) electrons. The van der Waals surface area contributed by atoms with Crippen molar-refractivity contribution in [1.29, 1.82) is 5.41 Å². The standard InChI is InChI=1S/C21H19F2N5O3/c22-15-6-17(16(23)5-13(15)11(7-24)8-25)27-19-14-9-26-3-1-18(14)31-20(19)21(30)28-4-2-12(29)10-28/h1,3,5-9,12,24,27,29H,2,4,10,25H2/b11-8+,24-7?. The van der Waals surface area contributed by atoms with Crippen LogP contribution in [0.2, 0.25) is 0 Å². The van der Waals surface area contributed by atoms with Crippen LogP contribution in [0.5, 0.6) is 0 Å². The number of furan rings is 1. The minimum Gasteiger partial charge on any atom is -0.448 e. The number of pyridine rings is 1. The monoisotopic (exact) mass is 427 g/mol. The van der Waals surface area contributed by atoms with Gasteiger partial charge >= 0.3 is 0 Å². The van der Waals surface area contributed by atoms with E-state index in [9.17, 15) is 18.7 Å². The Morgan fingerprint density at radius 2 is 2.19 bits per heavy atom. The van der Waals surface area contributed by atoms with E-state index in [1.165, 1.54) is 17.3 Å². The summed E-state index contributed by atoms with van der Waals surface area (Å²) in [6.07, 6.45) is 4.58. The fourth-order valence-electron chi connectivity index (χ4n) is 3.50. The number of aromatic nitrogens is 1. The van der Waals surface area contributed by atoms with Crippen LogP contribution in [-0.2, 0) is 0 Å². The third kappa shape index (κ3) is 3.73. The van der Waals surface area contributed by atoms with Gasteiger partial charge in [-0.2, -0.15) is 0 Å². The number of benzene rings is 1. The average Bonchev–Trinajstić information content (AvgIpc) is 3.36. The number of β-amino-alcohol motifs (C(OH)–C–C–N with tert-alkyl or cyclic N) is 1. The van der Waals surface area contributed by atoms with Gasteiger partial charge in [-0.05, 0) is 18.6 Å². The van der Waals surface area contributed by atoms with Crippen molar-refractivity contribution in [2.75, 3.05) is 18.4 Å². The molecular formula is C21H19F2N5O3. The van der Waals surface area contributed by atoms with Crippen molar-refractivity contribution in [2.45, 2.75) is 12.5 Å². The molecule has 4 rings (SSSR count). The number of nitrogens with two attached hydrogens (primary N) is 1. The molecule has 0 aliphatic carbocycles. The van der Waals surface area contributed by atoms with Crippen LogP contribution >= 0.6 is 0 Å². The highest BCUT2D eigenvalue weighted by Gasteiger charge is 2.31. The lowest BCUT2D eigenvalue weighted by molar-refractivity contribution is 0.0737. The van der Waals surface area contributed by atoms with Gasteiger partial charge in [0, 0.05) is 55.1 Å². The zero-order valence-electron chi connectivity index (χ0n) is 16.2. The first kappa shape index (κ1) is 20.5. The minimum absolute atomic E-state index is 0.0179. The first-order valence-corrected chi connectivity index (χ1v) is 9.45. The molecule has 1 aromatic carbocycles. The van der Waals surface area contributed by atoms with Gasteiger partial charge in [0.05, 0.1) is 17.2 Å². The van der Waals surface area contributed by atoms with Crippen molar-refractivity contribution in [1.82, 2.24) is 9.88 Å². The zero-order valence-corrected chi connectivity index (χ0v) is 16.2. The molecule has 1 saturated heterocycles. The van der Waals surface area contributed by atoms with Gasteiger partial charge in [-0.3, -0.25) is 9.78 Å². The van der Waals surface area contributed by atoms with Crippen LogP contribution in [0.4, 0.5) is 20.2 Å². The van der Waals surface area contributed by atoms with Gasteiger partial charge in [-0.25, -0.2) is 8.78 Å². The van der Waals surface area contributed by atoms with Crippen molar-refractivity contribution in [3.8, 4) is 0 Å². The van der Waals surface area contributed by atoms with Gasteiger partial charge in [0.1, 0.15) is 22.9 Å². The normalized spacial score (nSPS) is 16.7. The Morgan fingerprint density at radius 3 is 2.87 bits per heavy atom. The van der Waals surface area contributed by atoms with E-state index < -0.39 is 23.6 Å². The molecule has 160 valence electrons. The van der Waals surface area contributed by atoms with Crippen LogP contribution in [0, 0.1) is 17.0 Å². The number of halogens is 2. The summed E-state index contributed by atoms with van der Waals surface area (Å²) in [4.78, 5) is 18.4. The van der Waals surface area contributed by atoms with E-state index in [0.717, 1.165) is 24.5 Å². The van der Waals surface area contributed by atoms with Crippen LogP contribution in [0.15, 0.2) is 41.2 Å². The molecular weight excluding hydrogens is 408 g/mol. The summed E-state index contributed by atoms with van der Waals surface area (Å²) < 4.78 is 35.1. The van der Waals surface area contributed by atoms with Crippen LogP contribution in [0.1, 0.15) is 22.5 Å². The number of nitrogens with zero attached hydrogens (tertiary/aromatic N) is 2. The number of hydrogen-bond acceptors (Lipinski definition) is 7. The molecule has 8 nitrogen and oxygen atoms in total. The molecule has 31 heavy (non-hydrogen) atoms. The van der Waals surface area contributed by atoms with Crippen LogP contribution in [0.3, 0.4) is 0 Å². The molecule has 1 atom stereocenters. The van der Waals surface area contributed by atoms with E-state index in [-0.39, 0.29) is 34.8 Å². The summed E-state index contributed by atoms with van der Waals surface area (Å²) in [5.41, 5.74) is 5.47. The molecule has 5 N–H and O–H groups in total. The number of aliphatic hydroxyl groups is 1. The summed E-state index contributed by atoms with van der Waals surface area (Å²) in [6, 6.07) is 3.39. The molecule has 2 aromatic heterocycles. The lowest BCUT2D eigenvalue weighted by atomic mass is 10.1. The van der Waals surface area contributed by atoms with Crippen molar-refractivity contribution in [2.24, 2.45) is 5.73 Å². The van der Waals surface area contributed by atoms with E-state index in [1.807, 2.05) is 0 Å². The maximum atomic E-state index is 14.8. The second kappa shape index (κ2) is 8.15. The van der Waals surface area contributed by atoms with Gasteiger partial charge < -0.3 is 30.9 Å². The van der Waals surface area contributed by atoms with Crippen LogP contribution in [-0.4, -0.2) is 46.3 Å². The van der Waals surface area contributed by atoms with Gasteiger partial charge in [0.15, 0.2) is 0 Å². The lowest BCUT2D eigenvalue weighted by Crippen LogP contribution is -2.29. The van der Waals surface area contributed by atoms with E-state index in [0.29, 0.717) is 23.9 Å². The maximum Gasteiger partial charge on any atom is 0.291 e. The fourth-order valence-corrected chi connectivity index (χ4v) is 3.50. The van der Waals surface area contributed by atoms with E-state index >= 15 is 0 Å². The number of rotatable bonds is 5. The number of likely N-dealkylation sites (tertiary alicyclic amines) is 1. The highest BCUT2D eigenvalue weighted by Crippen LogP contribution is 2.35. The predicted molar refractivity (Wildman–Crippen MR) is 111 cm³/mol. The molecule has 1 amide bonds. The molecule has 0 saturated carbocycles. The molecule has 1 aliphatic rings. The Balaban J connectivity index is 1.77. The van der Waals surface area contributed by atoms with Crippen LogP contribution in [0.25, 0.3) is 16.5 Å².